The third-order valence-corrected chi connectivity index (χ3v) is 3.33. The van der Waals surface area contributed by atoms with Crippen LogP contribution in [0.25, 0.3) is 0 Å². The van der Waals surface area contributed by atoms with Crippen molar-refractivity contribution in [2.75, 3.05) is 0 Å². The van der Waals surface area contributed by atoms with Crippen LogP contribution in [0.1, 0.15) is 11.3 Å². The molecule has 0 spiro atoms. The number of halogens is 3. The van der Waals surface area contributed by atoms with Crippen LogP contribution in [0.4, 0.5) is 18.0 Å². The van der Waals surface area contributed by atoms with E-state index in [0.717, 1.165) is 9.95 Å². The summed E-state index contributed by atoms with van der Waals surface area (Å²) in [7, 11) is 0. The Morgan fingerprint density at radius 3 is 2.50 bits per heavy atom. The molecule has 4 nitrogen and oxygen atoms in total. The number of rotatable bonds is 2. The number of amides is 1. The minimum absolute atomic E-state index is 0.0920. The number of thiazole rings is 1. The minimum atomic E-state index is -4.56. The molecule has 0 radical (unpaired) electrons. The lowest BCUT2D eigenvalue weighted by molar-refractivity contribution is -0.143. The molecule has 1 N–H and O–H groups in total. The average molecular weight is 302 g/mol. The lowest BCUT2D eigenvalue weighted by Gasteiger charge is -2.11. The highest BCUT2D eigenvalue weighted by atomic mass is 32.1. The summed E-state index contributed by atoms with van der Waals surface area (Å²) in [5, 5.41) is 9.48. The zero-order valence-corrected chi connectivity index (χ0v) is 10.8. The predicted molar refractivity (Wildman–Crippen MR) is 66.4 cm³/mol. The van der Waals surface area contributed by atoms with Gasteiger partial charge in [0.15, 0.2) is 4.80 Å². The number of alkyl halides is 3. The molecule has 1 aromatic heterocycles. The van der Waals surface area contributed by atoms with E-state index in [1.54, 1.807) is 30.3 Å². The fraction of sp³-hybridized carbons (Fsp3) is 0.167. The third-order valence-electron chi connectivity index (χ3n) is 2.46. The van der Waals surface area contributed by atoms with Crippen LogP contribution in [0.5, 0.6) is 0 Å². The fourth-order valence-corrected chi connectivity index (χ4v) is 2.54. The first-order valence-electron chi connectivity index (χ1n) is 5.45. The summed E-state index contributed by atoms with van der Waals surface area (Å²) in [6.07, 6.45) is -6.08. The Balaban J connectivity index is 2.53. The normalized spacial score (nSPS) is 12.7. The van der Waals surface area contributed by atoms with Gasteiger partial charge < -0.3 is 9.67 Å². The number of hydrogen-bond donors (Lipinski definition) is 1. The lowest BCUT2D eigenvalue weighted by atomic mass is 10.2. The standard InChI is InChI=1S/C12H9F3N2O2S/c13-12(14,15)9-7-20-10(16-11(18)19)17(9)6-8-4-2-1-3-5-8/h1-5,7H,6H2,(H,18,19). The maximum atomic E-state index is 12.9. The summed E-state index contributed by atoms with van der Waals surface area (Å²) in [4.78, 5) is 13.6. The van der Waals surface area contributed by atoms with Crippen LogP contribution in [0.2, 0.25) is 0 Å². The molecule has 0 aliphatic heterocycles. The van der Waals surface area contributed by atoms with Gasteiger partial charge in [0.1, 0.15) is 5.69 Å². The van der Waals surface area contributed by atoms with Gasteiger partial charge in [0.25, 0.3) is 0 Å². The molecular formula is C12H9F3N2O2S. The Morgan fingerprint density at radius 2 is 1.95 bits per heavy atom. The zero-order valence-electron chi connectivity index (χ0n) is 9.96. The van der Waals surface area contributed by atoms with E-state index in [4.69, 9.17) is 5.11 Å². The summed E-state index contributed by atoms with van der Waals surface area (Å²) < 4.78 is 39.6. The second kappa shape index (κ2) is 5.49. The zero-order chi connectivity index (χ0) is 14.8. The first-order valence-corrected chi connectivity index (χ1v) is 6.33. The van der Waals surface area contributed by atoms with Gasteiger partial charge in [-0.25, -0.2) is 4.79 Å². The Morgan fingerprint density at radius 1 is 1.30 bits per heavy atom. The van der Waals surface area contributed by atoms with Gasteiger partial charge in [0, 0.05) is 5.38 Å². The van der Waals surface area contributed by atoms with Crippen molar-refractivity contribution in [3.8, 4) is 0 Å². The number of carbonyl (C=O) groups is 1. The number of aromatic nitrogens is 1. The molecule has 106 valence electrons. The van der Waals surface area contributed by atoms with Crippen molar-refractivity contribution in [3.05, 3.63) is 51.8 Å². The van der Waals surface area contributed by atoms with Crippen molar-refractivity contribution >= 4 is 17.4 Å². The van der Waals surface area contributed by atoms with Gasteiger partial charge in [-0.2, -0.15) is 13.2 Å². The van der Waals surface area contributed by atoms with Gasteiger partial charge in [0.05, 0.1) is 6.54 Å². The fourth-order valence-electron chi connectivity index (χ4n) is 1.65. The van der Waals surface area contributed by atoms with Crippen molar-refractivity contribution in [2.45, 2.75) is 12.7 Å². The molecule has 8 heteroatoms. The van der Waals surface area contributed by atoms with E-state index < -0.39 is 18.0 Å². The topological polar surface area (TPSA) is 54.6 Å². The van der Waals surface area contributed by atoms with Gasteiger partial charge in [-0.1, -0.05) is 30.3 Å². The van der Waals surface area contributed by atoms with Gasteiger partial charge in [-0.05, 0) is 5.56 Å². The average Bonchev–Trinajstić information content (AvgIpc) is 2.72. The second-order valence-electron chi connectivity index (χ2n) is 3.87. The SMILES string of the molecule is O=C(O)N=c1scc(C(F)(F)F)n1Cc1ccccc1. The van der Waals surface area contributed by atoms with Crippen LogP contribution in [-0.4, -0.2) is 15.8 Å². The summed E-state index contributed by atoms with van der Waals surface area (Å²) in [6, 6.07) is 8.47. The first kappa shape index (κ1) is 14.3. The number of hydrogen-bond acceptors (Lipinski definition) is 2. The Hall–Kier alpha value is -2.09. The van der Waals surface area contributed by atoms with Gasteiger partial charge in [-0.3, -0.25) is 0 Å². The van der Waals surface area contributed by atoms with E-state index >= 15 is 0 Å². The highest BCUT2D eigenvalue weighted by Crippen LogP contribution is 2.29. The molecule has 0 saturated heterocycles. The molecule has 0 atom stereocenters. The van der Waals surface area contributed by atoms with E-state index in [9.17, 15) is 18.0 Å². The van der Waals surface area contributed by atoms with Crippen LogP contribution < -0.4 is 4.80 Å². The molecule has 2 rings (SSSR count). The largest absolute Gasteiger partial charge is 0.463 e. The molecule has 0 fully saturated rings. The van der Waals surface area contributed by atoms with E-state index in [-0.39, 0.29) is 11.3 Å². The lowest BCUT2D eigenvalue weighted by Crippen LogP contribution is -2.23. The molecule has 1 aromatic carbocycles. The minimum Gasteiger partial charge on any atom is -0.463 e. The number of benzene rings is 1. The molecular weight excluding hydrogens is 293 g/mol. The predicted octanol–water partition coefficient (Wildman–Crippen LogP) is 3.20. The van der Waals surface area contributed by atoms with Crippen LogP contribution >= 0.6 is 11.3 Å². The molecule has 0 aliphatic rings. The van der Waals surface area contributed by atoms with Crippen LogP contribution in [0, 0.1) is 0 Å². The van der Waals surface area contributed by atoms with Crippen molar-refractivity contribution in [2.24, 2.45) is 4.99 Å². The van der Waals surface area contributed by atoms with Gasteiger partial charge >= 0.3 is 12.3 Å². The van der Waals surface area contributed by atoms with Crippen molar-refractivity contribution in [1.29, 1.82) is 0 Å². The third kappa shape index (κ3) is 3.27. The Kier molecular flexibility index (Phi) is 3.93. The molecule has 20 heavy (non-hydrogen) atoms. The van der Waals surface area contributed by atoms with E-state index in [1.807, 2.05) is 0 Å². The summed E-state index contributed by atoms with van der Waals surface area (Å²) >= 11 is 0.646. The van der Waals surface area contributed by atoms with Crippen LogP contribution in [0.15, 0.2) is 40.7 Å². The van der Waals surface area contributed by atoms with Gasteiger partial charge in [-0.15, -0.1) is 16.3 Å². The Labute approximate surface area is 115 Å². The first-order chi connectivity index (χ1) is 9.38. The number of carboxylic acid groups (broad SMARTS) is 1. The summed E-state index contributed by atoms with van der Waals surface area (Å²) in [5.74, 6) is 0. The molecule has 1 heterocycles. The van der Waals surface area contributed by atoms with Crippen molar-refractivity contribution < 1.29 is 23.1 Å². The van der Waals surface area contributed by atoms with E-state index in [1.165, 1.54) is 0 Å². The summed E-state index contributed by atoms with van der Waals surface area (Å²) in [5.41, 5.74) is -0.283. The van der Waals surface area contributed by atoms with Crippen molar-refractivity contribution in [3.63, 3.8) is 0 Å². The maximum absolute atomic E-state index is 12.9. The van der Waals surface area contributed by atoms with E-state index in [0.29, 0.717) is 16.9 Å². The maximum Gasteiger partial charge on any atom is 0.433 e. The van der Waals surface area contributed by atoms with Crippen LogP contribution in [0.3, 0.4) is 0 Å². The molecule has 0 unspecified atom stereocenters. The summed E-state index contributed by atoms with van der Waals surface area (Å²) in [6.45, 7) is -0.0920. The molecule has 0 bridgehead atoms. The molecule has 2 aromatic rings. The second-order valence-corrected chi connectivity index (χ2v) is 4.70. The van der Waals surface area contributed by atoms with Gasteiger partial charge in [0.2, 0.25) is 0 Å². The van der Waals surface area contributed by atoms with Crippen LogP contribution in [-0.2, 0) is 12.7 Å². The van der Waals surface area contributed by atoms with E-state index in [2.05, 4.69) is 4.99 Å². The molecule has 0 saturated carbocycles. The monoisotopic (exact) mass is 302 g/mol. The number of nitrogens with zero attached hydrogens (tertiary/aromatic N) is 2. The molecule has 0 aliphatic carbocycles. The highest BCUT2D eigenvalue weighted by molar-refractivity contribution is 7.07. The highest BCUT2D eigenvalue weighted by Gasteiger charge is 2.35. The van der Waals surface area contributed by atoms with Crippen molar-refractivity contribution in [1.82, 2.24) is 4.57 Å². The quantitative estimate of drug-likeness (QED) is 0.926. The smallest absolute Gasteiger partial charge is 0.433 e. The molecule has 1 amide bonds. The Bertz CT molecular complexity index is 674.